The number of rotatable bonds is 4. The fourth-order valence-electron chi connectivity index (χ4n) is 3.30. The lowest BCUT2D eigenvalue weighted by Gasteiger charge is -2.28. The van der Waals surface area contributed by atoms with Crippen LogP contribution in [0.2, 0.25) is 0 Å². The summed E-state index contributed by atoms with van der Waals surface area (Å²) in [6.07, 6.45) is 10.3. The van der Waals surface area contributed by atoms with Crippen molar-refractivity contribution in [1.82, 2.24) is 25.5 Å². The summed E-state index contributed by atoms with van der Waals surface area (Å²) in [4.78, 5) is 0. The highest BCUT2D eigenvalue weighted by Gasteiger charge is 2.26. The molecule has 106 valence electrons. The summed E-state index contributed by atoms with van der Waals surface area (Å²) in [5.41, 5.74) is 0. The molecule has 2 fully saturated rings. The van der Waals surface area contributed by atoms with Crippen molar-refractivity contribution in [2.75, 3.05) is 7.05 Å². The largest absolute Gasteiger partial charge is 0.317 e. The van der Waals surface area contributed by atoms with Crippen molar-refractivity contribution < 1.29 is 0 Å². The van der Waals surface area contributed by atoms with Gasteiger partial charge in [0.05, 0.1) is 6.04 Å². The third kappa shape index (κ3) is 3.11. The van der Waals surface area contributed by atoms with Gasteiger partial charge >= 0.3 is 0 Å². The molecule has 2 saturated carbocycles. The van der Waals surface area contributed by atoms with Crippen LogP contribution in [0.5, 0.6) is 0 Å². The van der Waals surface area contributed by atoms with E-state index in [9.17, 15) is 0 Å². The predicted molar refractivity (Wildman–Crippen MR) is 76.3 cm³/mol. The van der Waals surface area contributed by atoms with Gasteiger partial charge in [-0.2, -0.15) is 0 Å². The molecule has 1 aromatic heterocycles. The zero-order valence-corrected chi connectivity index (χ0v) is 12.4. The minimum Gasteiger partial charge on any atom is -0.317 e. The van der Waals surface area contributed by atoms with E-state index >= 15 is 0 Å². The number of hydrogen-bond acceptors (Lipinski definition) is 5. The molecule has 0 aromatic carbocycles. The van der Waals surface area contributed by atoms with Gasteiger partial charge < -0.3 is 5.32 Å². The molecule has 0 radical (unpaired) electrons. The Hall–Kier alpha value is -0.620. The molecule has 1 aromatic rings. The first-order chi connectivity index (χ1) is 9.36. The average molecular weight is 281 g/mol. The molecule has 1 N–H and O–H groups in total. The summed E-state index contributed by atoms with van der Waals surface area (Å²) in [7, 11) is 2.07. The number of hydrogen-bond donors (Lipinski definition) is 1. The van der Waals surface area contributed by atoms with Gasteiger partial charge in [-0.1, -0.05) is 31.0 Å². The predicted octanol–water partition coefficient (Wildman–Crippen LogP) is 2.41. The fourth-order valence-corrected chi connectivity index (χ4v) is 4.59. The van der Waals surface area contributed by atoms with E-state index in [-0.39, 0.29) is 0 Å². The topological polar surface area (TPSA) is 55.6 Å². The van der Waals surface area contributed by atoms with E-state index in [4.69, 9.17) is 0 Å². The molecule has 0 aliphatic heterocycles. The maximum Gasteiger partial charge on any atom is 0.209 e. The Morgan fingerprint density at radius 3 is 2.79 bits per heavy atom. The van der Waals surface area contributed by atoms with Gasteiger partial charge in [0.15, 0.2) is 0 Å². The standard InChI is InChI=1S/C13H23N5S/c1-14-10-5-4-8-12(9-10)19-13-15-16-17-18(13)11-6-2-3-7-11/h10-12,14H,2-9H2,1H3. The van der Waals surface area contributed by atoms with Gasteiger partial charge in [0.25, 0.3) is 0 Å². The minimum absolute atomic E-state index is 0.543. The van der Waals surface area contributed by atoms with Crippen molar-refractivity contribution in [2.45, 2.75) is 73.9 Å². The molecular weight excluding hydrogens is 258 g/mol. The van der Waals surface area contributed by atoms with E-state index in [1.807, 2.05) is 11.8 Å². The summed E-state index contributed by atoms with van der Waals surface area (Å²) in [6, 6.07) is 1.21. The Kier molecular flexibility index (Phi) is 4.38. The normalized spacial score (nSPS) is 28.9. The third-order valence-electron chi connectivity index (χ3n) is 4.44. The lowest BCUT2D eigenvalue weighted by atomic mass is 9.95. The average Bonchev–Trinajstić information content (AvgIpc) is 3.09. The maximum atomic E-state index is 4.25. The molecule has 6 heteroatoms. The van der Waals surface area contributed by atoms with Crippen LogP contribution < -0.4 is 5.32 Å². The molecular formula is C13H23N5S. The molecule has 2 atom stereocenters. The summed E-state index contributed by atoms with van der Waals surface area (Å²) in [6.45, 7) is 0. The van der Waals surface area contributed by atoms with Crippen LogP contribution in [0, 0.1) is 0 Å². The van der Waals surface area contributed by atoms with Crippen molar-refractivity contribution in [2.24, 2.45) is 0 Å². The van der Waals surface area contributed by atoms with Gasteiger partial charge in [-0.3, -0.25) is 0 Å². The fraction of sp³-hybridized carbons (Fsp3) is 0.923. The van der Waals surface area contributed by atoms with Crippen molar-refractivity contribution >= 4 is 11.8 Å². The van der Waals surface area contributed by atoms with E-state index in [2.05, 4.69) is 32.6 Å². The molecule has 5 nitrogen and oxygen atoms in total. The molecule has 0 saturated heterocycles. The molecule has 0 spiro atoms. The Bertz CT molecular complexity index is 401. The van der Waals surface area contributed by atoms with E-state index in [1.54, 1.807) is 0 Å². The quantitative estimate of drug-likeness (QED) is 0.918. The zero-order chi connectivity index (χ0) is 13.1. The van der Waals surface area contributed by atoms with Crippen LogP contribution in [0.4, 0.5) is 0 Å². The SMILES string of the molecule is CNC1CCCC(Sc2nnnn2C2CCCC2)C1. The molecule has 1 heterocycles. The second kappa shape index (κ2) is 6.22. The van der Waals surface area contributed by atoms with Crippen LogP contribution >= 0.6 is 11.8 Å². The minimum atomic E-state index is 0.543. The van der Waals surface area contributed by atoms with Crippen LogP contribution in [0.15, 0.2) is 5.16 Å². The van der Waals surface area contributed by atoms with Crippen molar-refractivity contribution in [3.63, 3.8) is 0 Å². The Labute approximate surface area is 118 Å². The van der Waals surface area contributed by atoms with E-state index in [0.717, 1.165) is 5.16 Å². The Balaban J connectivity index is 1.64. The van der Waals surface area contributed by atoms with E-state index in [1.165, 1.54) is 51.4 Å². The van der Waals surface area contributed by atoms with Gasteiger partial charge in [-0.25, -0.2) is 4.68 Å². The van der Waals surface area contributed by atoms with E-state index in [0.29, 0.717) is 17.3 Å². The summed E-state index contributed by atoms with van der Waals surface area (Å²) in [5.74, 6) is 0. The second-order valence-corrected chi connectivity index (χ2v) is 7.00. The zero-order valence-electron chi connectivity index (χ0n) is 11.6. The third-order valence-corrected chi connectivity index (χ3v) is 5.68. The van der Waals surface area contributed by atoms with Crippen molar-refractivity contribution in [3.8, 4) is 0 Å². The molecule has 2 aliphatic rings. The van der Waals surface area contributed by atoms with Gasteiger partial charge in [-0.05, 0) is 49.6 Å². The number of nitrogens with one attached hydrogen (secondary N) is 1. The Morgan fingerprint density at radius 2 is 2.00 bits per heavy atom. The van der Waals surface area contributed by atoms with Gasteiger partial charge in [-0.15, -0.1) is 5.10 Å². The first kappa shape index (κ1) is 13.4. The second-order valence-electron chi connectivity index (χ2n) is 5.74. The van der Waals surface area contributed by atoms with Crippen LogP contribution in [0.1, 0.15) is 57.4 Å². The van der Waals surface area contributed by atoms with Gasteiger partial charge in [0.2, 0.25) is 5.16 Å². The number of tetrazole rings is 1. The smallest absolute Gasteiger partial charge is 0.209 e. The number of thioether (sulfide) groups is 1. The summed E-state index contributed by atoms with van der Waals surface area (Å²) in [5, 5.41) is 17.5. The lowest BCUT2D eigenvalue weighted by Crippen LogP contribution is -2.32. The molecule has 3 rings (SSSR count). The van der Waals surface area contributed by atoms with Crippen molar-refractivity contribution in [3.05, 3.63) is 0 Å². The van der Waals surface area contributed by atoms with Gasteiger partial charge in [0.1, 0.15) is 0 Å². The molecule has 2 unspecified atom stereocenters. The highest BCUT2D eigenvalue weighted by atomic mass is 32.2. The maximum absolute atomic E-state index is 4.25. The first-order valence-corrected chi connectivity index (χ1v) is 8.36. The molecule has 2 aliphatic carbocycles. The van der Waals surface area contributed by atoms with Crippen LogP contribution in [0.3, 0.4) is 0 Å². The molecule has 0 amide bonds. The monoisotopic (exact) mass is 281 g/mol. The summed E-state index contributed by atoms with van der Waals surface area (Å²) >= 11 is 1.89. The van der Waals surface area contributed by atoms with Crippen LogP contribution in [0.25, 0.3) is 0 Å². The van der Waals surface area contributed by atoms with Crippen molar-refractivity contribution in [1.29, 1.82) is 0 Å². The van der Waals surface area contributed by atoms with E-state index < -0.39 is 0 Å². The molecule has 19 heavy (non-hydrogen) atoms. The highest BCUT2D eigenvalue weighted by Crippen LogP contribution is 2.36. The first-order valence-electron chi connectivity index (χ1n) is 7.48. The lowest BCUT2D eigenvalue weighted by molar-refractivity contribution is 0.398. The van der Waals surface area contributed by atoms with Crippen LogP contribution in [-0.2, 0) is 0 Å². The molecule has 0 bridgehead atoms. The highest BCUT2D eigenvalue weighted by molar-refractivity contribution is 7.99. The van der Waals surface area contributed by atoms with Crippen LogP contribution in [-0.4, -0.2) is 38.5 Å². The number of nitrogens with zero attached hydrogens (tertiary/aromatic N) is 4. The number of aromatic nitrogens is 4. The Morgan fingerprint density at radius 1 is 1.16 bits per heavy atom. The summed E-state index contributed by atoms with van der Waals surface area (Å²) < 4.78 is 2.08. The van der Waals surface area contributed by atoms with Gasteiger partial charge in [0, 0.05) is 11.3 Å².